The number of nitrogens with zero attached hydrogens (tertiary/aromatic N) is 5. The van der Waals surface area contributed by atoms with Gasteiger partial charge in [0.15, 0.2) is 0 Å². The molecule has 206 valence electrons. The van der Waals surface area contributed by atoms with Crippen LogP contribution in [0.5, 0.6) is 5.75 Å². The van der Waals surface area contributed by atoms with Gasteiger partial charge in [0, 0.05) is 49.9 Å². The van der Waals surface area contributed by atoms with Gasteiger partial charge in [-0.05, 0) is 50.2 Å². The second kappa shape index (κ2) is 12.0. The van der Waals surface area contributed by atoms with Crippen molar-refractivity contribution in [3.8, 4) is 5.75 Å². The van der Waals surface area contributed by atoms with Gasteiger partial charge in [-0.2, -0.15) is 5.10 Å². The van der Waals surface area contributed by atoms with E-state index in [4.69, 9.17) is 16.3 Å². The van der Waals surface area contributed by atoms with Crippen LogP contribution in [0.4, 0.5) is 17.1 Å². The number of methoxy groups -OCH3 is 1. The Hall–Kier alpha value is -4.35. The molecule has 1 unspecified atom stereocenters. The first-order valence-corrected chi connectivity index (χ1v) is 12.8. The van der Waals surface area contributed by atoms with Gasteiger partial charge in [0.25, 0.3) is 0 Å². The molecular weight excluding hydrogens is 494 g/mol. The number of ether oxygens (including phenoxy) is 1. The number of aromatic nitrogens is 2. The summed E-state index contributed by atoms with van der Waals surface area (Å²) in [6.45, 7) is 5.59. The van der Waals surface area contributed by atoms with Crippen molar-refractivity contribution in [1.29, 1.82) is 0 Å². The number of aliphatic imine (C=N–C) groups is 1. The van der Waals surface area contributed by atoms with E-state index in [0.29, 0.717) is 28.7 Å². The molecule has 6 N–H and O–H groups in total. The number of hydrazine groups is 1. The van der Waals surface area contributed by atoms with E-state index in [1.807, 2.05) is 38.4 Å². The molecule has 1 fully saturated rings. The molecule has 2 aromatic carbocycles. The van der Waals surface area contributed by atoms with Gasteiger partial charge in [-0.15, -0.1) is 0 Å². The molecule has 0 saturated carbocycles. The summed E-state index contributed by atoms with van der Waals surface area (Å²) in [6, 6.07) is 9.76. The van der Waals surface area contributed by atoms with Crippen LogP contribution in [0.15, 0.2) is 60.3 Å². The number of anilines is 2. The molecule has 1 amide bonds. The molecule has 39 heavy (non-hydrogen) atoms. The lowest BCUT2D eigenvalue weighted by Gasteiger charge is -2.38. The number of likely N-dealkylation sites (tertiary alicyclic amines) is 1. The van der Waals surface area contributed by atoms with Crippen LogP contribution in [0.25, 0.3) is 16.6 Å². The Morgan fingerprint density at radius 3 is 2.79 bits per heavy atom. The first-order chi connectivity index (χ1) is 18.7. The summed E-state index contributed by atoms with van der Waals surface area (Å²) in [5.41, 5.74) is 13.1. The summed E-state index contributed by atoms with van der Waals surface area (Å²) in [4.78, 5) is 21.5. The van der Waals surface area contributed by atoms with Crippen LogP contribution in [0.3, 0.4) is 0 Å². The van der Waals surface area contributed by atoms with Gasteiger partial charge < -0.3 is 31.0 Å². The third kappa shape index (κ3) is 6.21. The zero-order valence-electron chi connectivity index (χ0n) is 22.9. The van der Waals surface area contributed by atoms with Gasteiger partial charge >= 0.3 is 0 Å². The number of hydrogen-bond donors (Lipinski definition) is 4. The number of amidine groups is 1. The van der Waals surface area contributed by atoms with Gasteiger partial charge in [0.2, 0.25) is 5.91 Å². The fourth-order valence-corrected chi connectivity index (χ4v) is 4.83. The van der Waals surface area contributed by atoms with Crippen molar-refractivity contribution < 1.29 is 9.53 Å². The van der Waals surface area contributed by atoms with E-state index in [2.05, 4.69) is 44.3 Å². The van der Waals surface area contributed by atoms with Crippen molar-refractivity contribution in [2.24, 2.45) is 23.6 Å². The standard InChI is InChI=1S/C28H37N9O2/c1-6-28(38)33-22-14-23(26(39-5)15-25(22)36(3)20-8-7-11-35(2)17-20)32-27(34-30)13-21(29)18-9-10-19-16-31-37(4)24(19)12-18/h6,9-10,12-16,20H,1,7-8,11,17,29-30H2,2-5H3,(H,32,34)(H,33,38). The largest absolute Gasteiger partial charge is 0.494 e. The molecule has 1 aliphatic heterocycles. The first-order valence-electron chi connectivity index (χ1n) is 12.8. The summed E-state index contributed by atoms with van der Waals surface area (Å²) in [6.07, 6.45) is 6.84. The van der Waals surface area contributed by atoms with Gasteiger partial charge in [-0.3, -0.25) is 9.48 Å². The lowest BCUT2D eigenvalue weighted by molar-refractivity contribution is -0.111. The molecule has 1 aromatic heterocycles. The number of nitrogens with one attached hydrogen (secondary N) is 2. The van der Waals surface area contributed by atoms with Gasteiger partial charge in [0.1, 0.15) is 17.3 Å². The van der Waals surface area contributed by atoms with Crippen LogP contribution < -0.4 is 32.0 Å². The van der Waals surface area contributed by atoms with Crippen LogP contribution in [0.2, 0.25) is 0 Å². The zero-order valence-corrected chi connectivity index (χ0v) is 22.9. The average Bonchev–Trinajstić information content (AvgIpc) is 3.32. The lowest BCUT2D eigenvalue weighted by Crippen LogP contribution is -2.45. The highest BCUT2D eigenvalue weighted by molar-refractivity contribution is 6.03. The molecular formula is C28H37N9O2. The number of rotatable bonds is 8. The number of carbonyl (C=O) groups excluding carboxylic acids is 1. The van der Waals surface area contributed by atoms with Crippen LogP contribution in [0, 0.1) is 0 Å². The number of carbonyl (C=O) groups is 1. The van der Waals surface area contributed by atoms with E-state index in [9.17, 15) is 4.79 Å². The van der Waals surface area contributed by atoms with Crippen LogP contribution in [-0.4, -0.2) is 66.8 Å². The molecule has 0 radical (unpaired) electrons. The monoisotopic (exact) mass is 531 g/mol. The highest BCUT2D eigenvalue weighted by Gasteiger charge is 2.24. The number of likely N-dealkylation sites (N-methyl/N-ethyl adjacent to an activating group) is 2. The molecule has 2 heterocycles. The average molecular weight is 532 g/mol. The number of aryl methyl sites for hydroxylation is 1. The van der Waals surface area contributed by atoms with Crippen LogP contribution >= 0.6 is 0 Å². The maximum Gasteiger partial charge on any atom is 0.247 e. The molecule has 0 bridgehead atoms. The SMILES string of the molecule is C=CC(=O)Nc1cc(N=C(C=C(N)c2ccc3cnn(C)c3c2)NN)c(OC)cc1N(C)C1CCCN(C)C1. The Labute approximate surface area is 228 Å². The predicted octanol–water partition coefficient (Wildman–Crippen LogP) is 2.73. The van der Waals surface area contributed by atoms with E-state index >= 15 is 0 Å². The third-order valence-corrected chi connectivity index (χ3v) is 7.03. The Morgan fingerprint density at radius 2 is 2.10 bits per heavy atom. The fraction of sp³-hybridized carbons (Fsp3) is 0.321. The van der Waals surface area contributed by atoms with Crippen LogP contribution in [0.1, 0.15) is 18.4 Å². The second-order valence-electron chi connectivity index (χ2n) is 9.69. The minimum absolute atomic E-state index is 0.281. The lowest BCUT2D eigenvalue weighted by atomic mass is 10.0. The Kier molecular flexibility index (Phi) is 8.52. The van der Waals surface area contributed by atoms with E-state index in [-0.39, 0.29) is 11.9 Å². The number of fused-ring (bicyclic) bond motifs is 1. The van der Waals surface area contributed by atoms with E-state index in [0.717, 1.165) is 48.1 Å². The van der Waals surface area contributed by atoms with Crippen molar-refractivity contribution in [1.82, 2.24) is 20.1 Å². The summed E-state index contributed by atoms with van der Waals surface area (Å²) in [7, 11) is 7.61. The Balaban J connectivity index is 1.73. The summed E-state index contributed by atoms with van der Waals surface area (Å²) < 4.78 is 7.50. The summed E-state index contributed by atoms with van der Waals surface area (Å²) in [5.74, 6) is 6.35. The maximum absolute atomic E-state index is 12.3. The molecule has 1 atom stereocenters. The third-order valence-electron chi connectivity index (χ3n) is 7.03. The van der Waals surface area contributed by atoms with Crippen molar-refractivity contribution in [2.45, 2.75) is 18.9 Å². The van der Waals surface area contributed by atoms with Crippen molar-refractivity contribution in [2.75, 3.05) is 44.5 Å². The van der Waals surface area contributed by atoms with E-state index < -0.39 is 0 Å². The van der Waals surface area contributed by atoms with Gasteiger partial charge in [-0.25, -0.2) is 10.8 Å². The molecule has 1 aliphatic rings. The summed E-state index contributed by atoms with van der Waals surface area (Å²) in [5, 5.41) is 8.22. The number of amides is 1. The van der Waals surface area contributed by atoms with Crippen molar-refractivity contribution in [3.05, 3.63) is 60.8 Å². The highest BCUT2D eigenvalue weighted by Crippen LogP contribution is 2.40. The quantitative estimate of drug-likeness (QED) is 0.114. The fourth-order valence-electron chi connectivity index (χ4n) is 4.83. The van der Waals surface area contributed by atoms with E-state index in [1.54, 1.807) is 30.1 Å². The number of hydrogen-bond acceptors (Lipinski definition) is 8. The zero-order chi connectivity index (χ0) is 28.1. The number of benzene rings is 2. The maximum atomic E-state index is 12.3. The normalized spacial score (nSPS) is 16.7. The predicted molar refractivity (Wildman–Crippen MR) is 158 cm³/mol. The Morgan fingerprint density at radius 1 is 1.31 bits per heavy atom. The number of nitrogens with two attached hydrogens (primary N) is 2. The topological polar surface area (TPSA) is 139 Å². The molecule has 0 aliphatic carbocycles. The van der Waals surface area contributed by atoms with Crippen LogP contribution in [-0.2, 0) is 11.8 Å². The summed E-state index contributed by atoms with van der Waals surface area (Å²) >= 11 is 0. The molecule has 4 rings (SSSR count). The van der Waals surface area contributed by atoms with Gasteiger partial charge in [0.05, 0.1) is 30.2 Å². The second-order valence-corrected chi connectivity index (χ2v) is 9.69. The minimum Gasteiger partial charge on any atom is -0.494 e. The first kappa shape index (κ1) is 27.7. The highest BCUT2D eigenvalue weighted by atomic mass is 16.5. The number of piperidine rings is 1. The van der Waals surface area contributed by atoms with E-state index in [1.165, 1.54) is 6.08 Å². The smallest absolute Gasteiger partial charge is 0.247 e. The Bertz CT molecular complexity index is 1430. The molecule has 1 saturated heterocycles. The minimum atomic E-state index is -0.322. The molecule has 11 heteroatoms. The van der Waals surface area contributed by atoms with Crippen molar-refractivity contribution in [3.63, 3.8) is 0 Å². The molecule has 3 aromatic rings. The molecule has 0 spiro atoms. The molecule has 11 nitrogen and oxygen atoms in total. The van der Waals surface area contributed by atoms with Gasteiger partial charge in [-0.1, -0.05) is 18.7 Å². The van der Waals surface area contributed by atoms with Crippen molar-refractivity contribution >= 4 is 45.4 Å².